The van der Waals surface area contributed by atoms with Crippen LogP contribution in [0.25, 0.3) is 6.08 Å². The Bertz CT molecular complexity index is 601. The van der Waals surface area contributed by atoms with Crippen molar-refractivity contribution in [3.63, 3.8) is 0 Å². The molecule has 0 bridgehead atoms. The van der Waals surface area contributed by atoms with Gasteiger partial charge in [-0.15, -0.1) is 0 Å². The topological polar surface area (TPSA) is 65.0 Å². The largest absolute Gasteiger partial charge is 0.432 e. The van der Waals surface area contributed by atoms with Gasteiger partial charge in [0.1, 0.15) is 0 Å². The molecule has 0 unspecified atom stereocenters. The van der Waals surface area contributed by atoms with Crippen molar-refractivity contribution >= 4 is 11.9 Å². The second kappa shape index (κ2) is 6.46. The highest BCUT2D eigenvalue weighted by atomic mass is 19.3. The normalized spacial score (nSPS) is 10.9. The Morgan fingerprint density at radius 1 is 1.20 bits per heavy atom. The molecule has 0 aliphatic carbocycles. The van der Waals surface area contributed by atoms with E-state index in [1.165, 1.54) is 6.08 Å². The third kappa shape index (κ3) is 3.91. The molecule has 2 aromatic heterocycles. The summed E-state index contributed by atoms with van der Waals surface area (Å²) in [5.41, 5.74) is 0.797. The summed E-state index contributed by atoms with van der Waals surface area (Å²) in [7, 11) is 0. The van der Waals surface area contributed by atoms with Gasteiger partial charge in [0.05, 0.1) is 12.4 Å². The lowest BCUT2D eigenvalue weighted by molar-refractivity contribution is -0.0503. The minimum atomic E-state index is -2.95. The molecule has 0 N–H and O–H groups in total. The van der Waals surface area contributed by atoms with Crippen LogP contribution in [0.1, 0.15) is 16.2 Å². The van der Waals surface area contributed by atoms with Gasteiger partial charge in [0, 0.05) is 12.4 Å². The summed E-state index contributed by atoms with van der Waals surface area (Å²) in [5.74, 6) is -0.739. The summed E-state index contributed by atoms with van der Waals surface area (Å²) < 4.78 is 27.9. The van der Waals surface area contributed by atoms with Gasteiger partial charge in [-0.1, -0.05) is 6.08 Å². The molecular formula is C13H9F2N3O2. The lowest BCUT2D eigenvalue weighted by Gasteiger charge is -2.02. The van der Waals surface area contributed by atoms with Gasteiger partial charge in [-0.05, 0) is 23.8 Å². The predicted molar refractivity (Wildman–Crippen MR) is 66.3 cm³/mol. The summed E-state index contributed by atoms with van der Waals surface area (Å²) in [6.07, 6.45) is 8.10. The summed E-state index contributed by atoms with van der Waals surface area (Å²) in [6, 6.07) is 3.45. The Kier molecular flexibility index (Phi) is 4.43. The quantitative estimate of drug-likeness (QED) is 0.620. The van der Waals surface area contributed by atoms with Crippen LogP contribution in [0, 0.1) is 0 Å². The maximum atomic E-state index is 11.9. The number of aromatic nitrogens is 3. The van der Waals surface area contributed by atoms with Crippen molar-refractivity contribution in [1.82, 2.24) is 15.0 Å². The SMILES string of the molecule is O=C(/C=C/c1ccncc1)c1ncc(OC(F)F)cn1. The van der Waals surface area contributed by atoms with Crippen molar-refractivity contribution < 1.29 is 18.3 Å². The molecule has 0 aliphatic heterocycles. The smallest absolute Gasteiger partial charge is 0.387 e. The molecule has 2 aromatic rings. The monoisotopic (exact) mass is 277 g/mol. The van der Waals surface area contributed by atoms with Gasteiger partial charge in [-0.2, -0.15) is 8.78 Å². The lowest BCUT2D eigenvalue weighted by atomic mass is 10.2. The highest BCUT2D eigenvalue weighted by Gasteiger charge is 2.08. The standard InChI is InChI=1S/C13H9F2N3O2/c14-13(15)20-10-7-17-12(18-8-10)11(19)2-1-9-3-5-16-6-4-9/h1-8,13H/b2-1+. The average Bonchev–Trinajstić information content (AvgIpc) is 2.46. The van der Waals surface area contributed by atoms with Crippen molar-refractivity contribution in [2.45, 2.75) is 6.61 Å². The molecule has 20 heavy (non-hydrogen) atoms. The Hall–Kier alpha value is -2.70. The van der Waals surface area contributed by atoms with Crippen LogP contribution in [0.2, 0.25) is 0 Å². The van der Waals surface area contributed by atoms with Gasteiger partial charge >= 0.3 is 6.61 Å². The molecule has 0 saturated carbocycles. The summed E-state index contributed by atoms with van der Waals surface area (Å²) >= 11 is 0. The zero-order valence-electron chi connectivity index (χ0n) is 10.1. The Morgan fingerprint density at radius 2 is 1.85 bits per heavy atom. The molecule has 0 atom stereocenters. The van der Waals surface area contributed by atoms with E-state index in [-0.39, 0.29) is 11.6 Å². The van der Waals surface area contributed by atoms with Crippen LogP contribution >= 0.6 is 0 Å². The molecule has 0 fully saturated rings. The lowest BCUT2D eigenvalue weighted by Crippen LogP contribution is -2.06. The zero-order chi connectivity index (χ0) is 14.4. The number of pyridine rings is 1. The number of rotatable bonds is 5. The molecule has 0 amide bonds. The first-order valence-corrected chi connectivity index (χ1v) is 5.54. The average molecular weight is 277 g/mol. The van der Waals surface area contributed by atoms with E-state index in [0.717, 1.165) is 18.0 Å². The van der Waals surface area contributed by atoms with Gasteiger partial charge in [0.25, 0.3) is 0 Å². The van der Waals surface area contributed by atoms with E-state index in [2.05, 4.69) is 19.7 Å². The van der Waals surface area contributed by atoms with E-state index >= 15 is 0 Å². The van der Waals surface area contributed by atoms with Crippen molar-refractivity contribution in [3.8, 4) is 5.75 Å². The number of ketones is 1. The van der Waals surface area contributed by atoms with E-state index in [4.69, 9.17) is 0 Å². The first kappa shape index (κ1) is 13.7. The maximum absolute atomic E-state index is 11.9. The van der Waals surface area contributed by atoms with Crippen LogP contribution in [0.5, 0.6) is 5.75 Å². The third-order valence-electron chi connectivity index (χ3n) is 2.21. The highest BCUT2D eigenvalue weighted by Crippen LogP contribution is 2.10. The van der Waals surface area contributed by atoms with Gasteiger partial charge < -0.3 is 4.74 Å². The van der Waals surface area contributed by atoms with Crippen molar-refractivity contribution in [2.75, 3.05) is 0 Å². The van der Waals surface area contributed by atoms with E-state index < -0.39 is 12.4 Å². The van der Waals surface area contributed by atoms with Crippen LogP contribution in [0.15, 0.2) is 43.0 Å². The number of allylic oxidation sites excluding steroid dienone is 1. The number of nitrogens with zero attached hydrogens (tertiary/aromatic N) is 3. The van der Waals surface area contributed by atoms with Crippen molar-refractivity contribution in [3.05, 3.63) is 54.4 Å². The molecule has 0 aliphatic rings. The van der Waals surface area contributed by atoms with Crippen molar-refractivity contribution in [2.24, 2.45) is 0 Å². The van der Waals surface area contributed by atoms with Crippen LogP contribution in [-0.2, 0) is 0 Å². The molecule has 0 aromatic carbocycles. The first-order valence-electron chi connectivity index (χ1n) is 5.54. The molecule has 0 saturated heterocycles. The van der Waals surface area contributed by atoms with Gasteiger partial charge in [0.15, 0.2) is 5.75 Å². The Morgan fingerprint density at radius 3 is 2.45 bits per heavy atom. The van der Waals surface area contributed by atoms with Gasteiger partial charge in [0.2, 0.25) is 11.6 Å². The van der Waals surface area contributed by atoms with Crippen LogP contribution in [0.4, 0.5) is 8.78 Å². The molecular weight excluding hydrogens is 268 g/mol. The van der Waals surface area contributed by atoms with Gasteiger partial charge in [-0.3, -0.25) is 9.78 Å². The Balaban J connectivity index is 2.04. The van der Waals surface area contributed by atoms with E-state index in [9.17, 15) is 13.6 Å². The minimum Gasteiger partial charge on any atom is -0.432 e. The van der Waals surface area contributed by atoms with E-state index in [1.54, 1.807) is 30.6 Å². The molecule has 5 nitrogen and oxygen atoms in total. The van der Waals surface area contributed by atoms with Crippen LogP contribution in [0.3, 0.4) is 0 Å². The number of alkyl halides is 2. The van der Waals surface area contributed by atoms with E-state index in [0.29, 0.717) is 0 Å². The number of halogens is 2. The minimum absolute atomic E-state index is 0.100. The fraction of sp³-hybridized carbons (Fsp3) is 0.0769. The second-order valence-corrected chi connectivity index (χ2v) is 3.60. The van der Waals surface area contributed by atoms with Crippen molar-refractivity contribution in [1.29, 1.82) is 0 Å². The summed E-state index contributed by atoms with van der Waals surface area (Å²) in [5, 5.41) is 0. The van der Waals surface area contributed by atoms with Crippen LogP contribution < -0.4 is 4.74 Å². The van der Waals surface area contributed by atoms with E-state index in [1.807, 2.05) is 0 Å². The summed E-state index contributed by atoms with van der Waals surface area (Å²) in [4.78, 5) is 22.9. The second-order valence-electron chi connectivity index (χ2n) is 3.60. The molecule has 2 heterocycles. The number of hydrogen-bond acceptors (Lipinski definition) is 5. The number of carbonyl (C=O) groups excluding carboxylic acids is 1. The number of hydrogen-bond donors (Lipinski definition) is 0. The third-order valence-corrected chi connectivity index (χ3v) is 2.21. The van der Waals surface area contributed by atoms with Gasteiger partial charge in [-0.25, -0.2) is 9.97 Å². The Labute approximate surface area is 113 Å². The molecule has 2 rings (SSSR count). The molecule has 0 radical (unpaired) electrons. The fourth-order valence-electron chi connectivity index (χ4n) is 1.33. The predicted octanol–water partition coefficient (Wildman–Crippen LogP) is 2.37. The maximum Gasteiger partial charge on any atom is 0.387 e. The summed E-state index contributed by atoms with van der Waals surface area (Å²) in [6.45, 7) is -2.95. The number of carbonyl (C=O) groups is 1. The molecule has 0 spiro atoms. The molecule has 7 heteroatoms. The van der Waals surface area contributed by atoms with Crippen LogP contribution in [-0.4, -0.2) is 27.3 Å². The number of ether oxygens (including phenoxy) is 1. The molecule has 102 valence electrons. The fourth-order valence-corrected chi connectivity index (χ4v) is 1.33. The zero-order valence-corrected chi connectivity index (χ0v) is 10.1. The highest BCUT2D eigenvalue weighted by molar-refractivity contribution is 6.04. The first-order chi connectivity index (χ1) is 9.65.